The standard InChI is InChI=1S/C20H30N2O3/c1-3-16-5-4-6-18(13-16)25-19-14-22(15-19)20(23)17-7-9-21(10-8-17)11-12-24-2/h4-6,13,17,19H,3,7-12,14-15H2,1-2H3. The van der Waals surface area contributed by atoms with Crippen molar-refractivity contribution in [3.8, 4) is 5.75 Å². The molecule has 2 heterocycles. The van der Waals surface area contributed by atoms with Gasteiger partial charge in [-0.05, 0) is 50.0 Å². The molecule has 0 bridgehead atoms. The van der Waals surface area contributed by atoms with Gasteiger partial charge in [0.1, 0.15) is 11.9 Å². The van der Waals surface area contributed by atoms with Crippen molar-refractivity contribution in [2.75, 3.05) is 46.4 Å². The molecule has 1 aromatic carbocycles. The van der Waals surface area contributed by atoms with Gasteiger partial charge in [-0.15, -0.1) is 0 Å². The van der Waals surface area contributed by atoms with E-state index in [-0.39, 0.29) is 12.0 Å². The molecule has 0 aliphatic carbocycles. The lowest BCUT2D eigenvalue weighted by Gasteiger charge is -2.42. The van der Waals surface area contributed by atoms with Gasteiger partial charge in [0.05, 0.1) is 19.7 Å². The third-order valence-electron chi connectivity index (χ3n) is 5.32. The van der Waals surface area contributed by atoms with Crippen LogP contribution in [0.3, 0.4) is 0 Å². The second-order valence-corrected chi connectivity index (χ2v) is 7.09. The molecule has 138 valence electrons. The first kappa shape index (κ1) is 18.2. The highest BCUT2D eigenvalue weighted by Gasteiger charge is 2.36. The number of nitrogens with zero attached hydrogens (tertiary/aromatic N) is 2. The fourth-order valence-electron chi connectivity index (χ4n) is 3.61. The molecule has 2 saturated heterocycles. The maximum absolute atomic E-state index is 12.6. The predicted octanol–water partition coefficient (Wildman–Crippen LogP) is 2.20. The summed E-state index contributed by atoms with van der Waals surface area (Å²) in [5, 5.41) is 0. The van der Waals surface area contributed by atoms with E-state index in [0.29, 0.717) is 5.91 Å². The smallest absolute Gasteiger partial charge is 0.226 e. The van der Waals surface area contributed by atoms with Crippen LogP contribution in [0.1, 0.15) is 25.3 Å². The SMILES string of the molecule is CCc1cccc(OC2CN(C(=O)C3CCN(CCOC)CC3)C2)c1. The summed E-state index contributed by atoms with van der Waals surface area (Å²) >= 11 is 0. The molecule has 2 aliphatic rings. The van der Waals surface area contributed by atoms with Crippen molar-refractivity contribution in [1.82, 2.24) is 9.80 Å². The number of rotatable bonds is 7. The summed E-state index contributed by atoms with van der Waals surface area (Å²) in [6.45, 7) is 7.31. The van der Waals surface area contributed by atoms with Gasteiger partial charge in [0.2, 0.25) is 5.91 Å². The number of methoxy groups -OCH3 is 1. The monoisotopic (exact) mass is 346 g/mol. The highest BCUT2D eigenvalue weighted by atomic mass is 16.5. The van der Waals surface area contributed by atoms with Gasteiger partial charge >= 0.3 is 0 Å². The number of carbonyl (C=O) groups excluding carboxylic acids is 1. The van der Waals surface area contributed by atoms with Gasteiger partial charge in [-0.2, -0.15) is 0 Å². The molecule has 0 radical (unpaired) electrons. The van der Waals surface area contributed by atoms with E-state index < -0.39 is 0 Å². The molecule has 2 aliphatic heterocycles. The van der Waals surface area contributed by atoms with Crippen molar-refractivity contribution < 1.29 is 14.3 Å². The van der Waals surface area contributed by atoms with E-state index in [1.54, 1.807) is 7.11 Å². The second kappa shape index (κ2) is 8.68. The number of amides is 1. The molecule has 0 unspecified atom stereocenters. The van der Waals surface area contributed by atoms with Crippen molar-refractivity contribution >= 4 is 5.91 Å². The predicted molar refractivity (Wildman–Crippen MR) is 97.9 cm³/mol. The fraction of sp³-hybridized carbons (Fsp3) is 0.650. The van der Waals surface area contributed by atoms with E-state index in [4.69, 9.17) is 9.47 Å². The molecule has 0 aromatic heterocycles. The zero-order valence-electron chi connectivity index (χ0n) is 15.4. The van der Waals surface area contributed by atoms with Crippen LogP contribution in [0.25, 0.3) is 0 Å². The first-order chi connectivity index (χ1) is 12.2. The maximum atomic E-state index is 12.6. The van der Waals surface area contributed by atoms with E-state index >= 15 is 0 Å². The Bertz CT molecular complexity index is 564. The van der Waals surface area contributed by atoms with Gasteiger partial charge < -0.3 is 19.3 Å². The van der Waals surface area contributed by atoms with Crippen LogP contribution in [0, 0.1) is 5.92 Å². The van der Waals surface area contributed by atoms with E-state index in [2.05, 4.69) is 24.0 Å². The van der Waals surface area contributed by atoms with E-state index in [1.807, 2.05) is 17.0 Å². The van der Waals surface area contributed by atoms with Crippen molar-refractivity contribution in [2.24, 2.45) is 5.92 Å². The molecule has 2 fully saturated rings. The highest BCUT2D eigenvalue weighted by Crippen LogP contribution is 2.25. The average Bonchev–Trinajstić information content (AvgIpc) is 2.62. The number of aryl methyl sites for hydroxylation is 1. The number of hydrogen-bond donors (Lipinski definition) is 0. The molecule has 1 amide bonds. The third kappa shape index (κ3) is 4.73. The molecule has 5 nitrogen and oxygen atoms in total. The van der Waals surface area contributed by atoms with Gasteiger partial charge in [0, 0.05) is 19.6 Å². The Morgan fingerprint density at radius 2 is 2.00 bits per heavy atom. The lowest BCUT2D eigenvalue weighted by Crippen LogP contribution is -2.58. The topological polar surface area (TPSA) is 42.0 Å². The van der Waals surface area contributed by atoms with Crippen molar-refractivity contribution in [1.29, 1.82) is 0 Å². The zero-order valence-corrected chi connectivity index (χ0v) is 15.4. The van der Waals surface area contributed by atoms with E-state index in [9.17, 15) is 4.79 Å². The summed E-state index contributed by atoms with van der Waals surface area (Å²) < 4.78 is 11.1. The third-order valence-corrected chi connectivity index (χ3v) is 5.32. The van der Waals surface area contributed by atoms with Gasteiger partial charge in [-0.3, -0.25) is 4.79 Å². The first-order valence-electron chi connectivity index (χ1n) is 9.45. The van der Waals surface area contributed by atoms with E-state index in [0.717, 1.165) is 64.3 Å². The Morgan fingerprint density at radius 3 is 2.68 bits per heavy atom. The summed E-state index contributed by atoms with van der Waals surface area (Å²) in [4.78, 5) is 17.0. The van der Waals surface area contributed by atoms with Crippen LogP contribution in [0.15, 0.2) is 24.3 Å². The second-order valence-electron chi connectivity index (χ2n) is 7.09. The Labute approximate surface area is 150 Å². The minimum Gasteiger partial charge on any atom is -0.487 e. The lowest BCUT2D eigenvalue weighted by atomic mass is 9.93. The number of piperidine rings is 1. The van der Waals surface area contributed by atoms with Crippen molar-refractivity contribution in [2.45, 2.75) is 32.3 Å². The fourth-order valence-corrected chi connectivity index (χ4v) is 3.61. The summed E-state index contributed by atoms with van der Waals surface area (Å²) in [5.41, 5.74) is 1.28. The van der Waals surface area contributed by atoms with Gasteiger partial charge in [-0.1, -0.05) is 19.1 Å². The van der Waals surface area contributed by atoms with Crippen LogP contribution in [0.4, 0.5) is 0 Å². The Kier molecular flexibility index (Phi) is 6.32. The largest absolute Gasteiger partial charge is 0.487 e. The Balaban J connectivity index is 1.40. The minimum atomic E-state index is 0.137. The summed E-state index contributed by atoms with van der Waals surface area (Å²) in [6, 6.07) is 8.25. The Hall–Kier alpha value is -1.59. The highest BCUT2D eigenvalue weighted by molar-refractivity contribution is 5.79. The van der Waals surface area contributed by atoms with Crippen LogP contribution in [-0.4, -0.2) is 68.3 Å². The minimum absolute atomic E-state index is 0.137. The van der Waals surface area contributed by atoms with Crippen LogP contribution in [-0.2, 0) is 16.0 Å². The summed E-state index contributed by atoms with van der Waals surface area (Å²) in [5.74, 6) is 1.42. The quantitative estimate of drug-likeness (QED) is 0.759. The first-order valence-corrected chi connectivity index (χ1v) is 9.45. The van der Waals surface area contributed by atoms with Crippen LogP contribution in [0.2, 0.25) is 0 Å². The molecule has 5 heteroatoms. The van der Waals surface area contributed by atoms with Crippen LogP contribution >= 0.6 is 0 Å². The molecule has 1 aromatic rings. The van der Waals surface area contributed by atoms with Gasteiger partial charge in [0.25, 0.3) is 0 Å². The van der Waals surface area contributed by atoms with Crippen LogP contribution in [0.5, 0.6) is 5.75 Å². The number of likely N-dealkylation sites (tertiary alicyclic amines) is 2. The van der Waals surface area contributed by atoms with Crippen molar-refractivity contribution in [3.63, 3.8) is 0 Å². The lowest BCUT2D eigenvalue weighted by molar-refractivity contribution is -0.146. The normalized spacial score (nSPS) is 19.7. The number of carbonyl (C=O) groups is 1. The molecule has 3 rings (SSSR count). The number of benzene rings is 1. The number of ether oxygens (including phenoxy) is 2. The molecule has 0 saturated carbocycles. The molecule has 0 atom stereocenters. The van der Waals surface area contributed by atoms with E-state index in [1.165, 1.54) is 5.56 Å². The summed E-state index contributed by atoms with van der Waals surface area (Å²) in [6.07, 6.45) is 3.07. The molecule has 0 spiro atoms. The summed E-state index contributed by atoms with van der Waals surface area (Å²) in [7, 11) is 1.73. The zero-order chi connectivity index (χ0) is 17.6. The average molecular weight is 346 g/mol. The maximum Gasteiger partial charge on any atom is 0.226 e. The van der Waals surface area contributed by atoms with Gasteiger partial charge in [0.15, 0.2) is 0 Å². The number of hydrogen-bond acceptors (Lipinski definition) is 4. The molecular weight excluding hydrogens is 316 g/mol. The Morgan fingerprint density at radius 1 is 1.24 bits per heavy atom. The molecule has 0 N–H and O–H groups in total. The van der Waals surface area contributed by atoms with Gasteiger partial charge in [-0.25, -0.2) is 0 Å². The molecular formula is C20H30N2O3. The van der Waals surface area contributed by atoms with Crippen LogP contribution < -0.4 is 4.74 Å². The van der Waals surface area contributed by atoms with Crippen molar-refractivity contribution in [3.05, 3.63) is 29.8 Å². The molecule has 25 heavy (non-hydrogen) atoms.